The lowest BCUT2D eigenvalue weighted by atomic mass is 9.79. The van der Waals surface area contributed by atoms with Crippen LogP contribution in [0.15, 0.2) is 11.6 Å². The first-order chi connectivity index (χ1) is 10.1. The summed E-state index contributed by atoms with van der Waals surface area (Å²) < 4.78 is 5.35. The van der Waals surface area contributed by atoms with Crippen LogP contribution in [0.3, 0.4) is 0 Å². The van der Waals surface area contributed by atoms with Crippen LogP contribution in [0.25, 0.3) is 0 Å². The minimum absolute atomic E-state index is 0.114. The Morgan fingerprint density at radius 3 is 2.62 bits per heavy atom. The smallest absolute Gasteiger partial charge is 0.229 e. The molecule has 0 spiro atoms. The molecule has 1 fully saturated rings. The van der Waals surface area contributed by atoms with Gasteiger partial charge in [0, 0.05) is 13.1 Å². The second-order valence-corrected chi connectivity index (χ2v) is 6.95. The molecular formula is C18H31NO2. The number of allylic oxidation sites excluding steroid dienone is 1. The molecular weight excluding hydrogens is 262 g/mol. The molecule has 2 aliphatic rings. The quantitative estimate of drug-likeness (QED) is 0.724. The minimum Gasteiger partial charge on any atom is -0.378 e. The van der Waals surface area contributed by atoms with E-state index in [-0.39, 0.29) is 5.92 Å². The van der Waals surface area contributed by atoms with E-state index in [1.807, 2.05) is 4.90 Å². The van der Waals surface area contributed by atoms with Crippen LogP contribution in [0.4, 0.5) is 0 Å². The second-order valence-electron chi connectivity index (χ2n) is 6.95. The average Bonchev–Trinajstić information content (AvgIpc) is 2.50. The Morgan fingerprint density at radius 2 is 2.10 bits per heavy atom. The van der Waals surface area contributed by atoms with E-state index in [0.717, 1.165) is 37.8 Å². The SMILES string of the molecule is CC[C@H](C(=O)N1CCOCC1)C1=CC[C@H](CC(C)C)CC1. The van der Waals surface area contributed by atoms with Crippen molar-refractivity contribution in [3.63, 3.8) is 0 Å². The molecule has 1 aliphatic carbocycles. The van der Waals surface area contributed by atoms with Crippen molar-refractivity contribution in [2.24, 2.45) is 17.8 Å². The van der Waals surface area contributed by atoms with Gasteiger partial charge in [-0.05, 0) is 43.9 Å². The zero-order valence-electron chi connectivity index (χ0n) is 13.9. The van der Waals surface area contributed by atoms with Crippen molar-refractivity contribution in [2.45, 2.75) is 52.9 Å². The maximum atomic E-state index is 12.7. The fourth-order valence-corrected chi connectivity index (χ4v) is 3.71. The van der Waals surface area contributed by atoms with Gasteiger partial charge in [-0.25, -0.2) is 0 Å². The zero-order valence-corrected chi connectivity index (χ0v) is 13.9. The molecule has 120 valence electrons. The lowest BCUT2D eigenvalue weighted by Gasteiger charge is -2.33. The third kappa shape index (κ3) is 4.57. The molecule has 1 aliphatic heterocycles. The van der Waals surface area contributed by atoms with Crippen LogP contribution in [0, 0.1) is 17.8 Å². The van der Waals surface area contributed by atoms with Crippen LogP contribution in [0.1, 0.15) is 52.9 Å². The van der Waals surface area contributed by atoms with Crippen molar-refractivity contribution in [1.29, 1.82) is 0 Å². The maximum Gasteiger partial charge on any atom is 0.229 e. The van der Waals surface area contributed by atoms with Gasteiger partial charge in [0.1, 0.15) is 0 Å². The number of nitrogens with zero attached hydrogens (tertiary/aromatic N) is 1. The highest BCUT2D eigenvalue weighted by Gasteiger charge is 2.29. The van der Waals surface area contributed by atoms with Crippen molar-refractivity contribution < 1.29 is 9.53 Å². The molecule has 0 aromatic heterocycles. The number of hydrogen-bond donors (Lipinski definition) is 0. The Balaban J connectivity index is 1.94. The van der Waals surface area contributed by atoms with Gasteiger partial charge in [0.15, 0.2) is 0 Å². The molecule has 21 heavy (non-hydrogen) atoms. The summed E-state index contributed by atoms with van der Waals surface area (Å²) in [6, 6.07) is 0. The molecule has 2 atom stereocenters. The van der Waals surface area contributed by atoms with Crippen molar-refractivity contribution >= 4 is 5.91 Å². The normalized spacial score (nSPS) is 24.9. The van der Waals surface area contributed by atoms with E-state index in [4.69, 9.17) is 4.74 Å². The first kappa shape index (κ1) is 16.5. The summed E-state index contributed by atoms with van der Waals surface area (Å²) in [5, 5.41) is 0. The molecule has 0 aromatic rings. The van der Waals surface area contributed by atoms with Gasteiger partial charge in [-0.15, -0.1) is 0 Å². The van der Waals surface area contributed by atoms with Gasteiger partial charge in [0.2, 0.25) is 5.91 Å². The van der Waals surface area contributed by atoms with Crippen molar-refractivity contribution in [3.05, 3.63) is 11.6 Å². The third-order valence-electron chi connectivity index (χ3n) is 4.84. The monoisotopic (exact) mass is 293 g/mol. The molecule has 0 radical (unpaired) electrons. The molecule has 0 aromatic carbocycles. The summed E-state index contributed by atoms with van der Waals surface area (Å²) in [5.74, 6) is 2.05. The largest absolute Gasteiger partial charge is 0.378 e. The van der Waals surface area contributed by atoms with E-state index >= 15 is 0 Å². The Morgan fingerprint density at radius 1 is 1.38 bits per heavy atom. The predicted octanol–water partition coefficient (Wildman–Crippen LogP) is 3.64. The molecule has 1 amide bonds. The molecule has 1 saturated heterocycles. The van der Waals surface area contributed by atoms with E-state index in [1.165, 1.54) is 24.8 Å². The van der Waals surface area contributed by atoms with Gasteiger partial charge in [0.25, 0.3) is 0 Å². The van der Waals surface area contributed by atoms with Crippen LogP contribution in [0.5, 0.6) is 0 Å². The van der Waals surface area contributed by atoms with Crippen LogP contribution in [-0.2, 0) is 9.53 Å². The summed E-state index contributed by atoms with van der Waals surface area (Å²) >= 11 is 0. The van der Waals surface area contributed by atoms with E-state index in [1.54, 1.807) is 0 Å². The van der Waals surface area contributed by atoms with Gasteiger partial charge in [-0.2, -0.15) is 0 Å². The lowest BCUT2D eigenvalue weighted by Crippen LogP contribution is -2.44. The molecule has 0 unspecified atom stereocenters. The summed E-state index contributed by atoms with van der Waals surface area (Å²) in [5.41, 5.74) is 1.40. The van der Waals surface area contributed by atoms with Crippen LogP contribution in [0.2, 0.25) is 0 Å². The highest BCUT2D eigenvalue weighted by molar-refractivity contribution is 5.81. The van der Waals surface area contributed by atoms with E-state index in [0.29, 0.717) is 19.1 Å². The zero-order chi connectivity index (χ0) is 15.2. The predicted molar refractivity (Wildman–Crippen MR) is 86.1 cm³/mol. The van der Waals surface area contributed by atoms with Gasteiger partial charge >= 0.3 is 0 Å². The average molecular weight is 293 g/mol. The Hall–Kier alpha value is -0.830. The molecule has 0 N–H and O–H groups in total. The minimum atomic E-state index is 0.114. The van der Waals surface area contributed by atoms with Crippen molar-refractivity contribution in [3.8, 4) is 0 Å². The number of amides is 1. The van der Waals surface area contributed by atoms with E-state index in [9.17, 15) is 4.79 Å². The van der Waals surface area contributed by atoms with Crippen molar-refractivity contribution in [2.75, 3.05) is 26.3 Å². The molecule has 0 saturated carbocycles. The maximum absolute atomic E-state index is 12.7. The number of carbonyl (C=O) groups excluding carboxylic acids is 1. The first-order valence-electron chi connectivity index (χ1n) is 8.67. The summed E-state index contributed by atoms with van der Waals surface area (Å²) in [6.07, 6.45) is 8.17. The van der Waals surface area contributed by atoms with Gasteiger partial charge < -0.3 is 9.64 Å². The van der Waals surface area contributed by atoms with Gasteiger partial charge in [0.05, 0.1) is 19.1 Å². The molecule has 3 heteroatoms. The van der Waals surface area contributed by atoms with Crippen molar-refractivity contribution in [1.82, 2.24) is 4.90 Å². The Labute approximate surface area is 129 Å². The van der Waals surface area contributed by atoms with Gasteiger partial charge in [-0.1, -0.05) is 32.4 Å². The topological polar surface area (TPSA) is 29.5 Å². The summed E-state index contributed by atoms with van der Waals surface area (Å²) in [7, 11) is 0. The molecule has 3 nitrogen and oxygen atoms in total. The molecule has 1 heterocycles. The highest BCUT2D eigenvalue weighted by Crippen LogP contribution is 2.33. The van der Waals surface area contributed by atoms with Crippen LogP contribution >= 0.6 is 0 Å². The summed E-state index contributed by atoms with van der Waals surface area (Å²) in [4.78, 5) is 14.7. The Kier molecular flexibility index (Phi) is 6.28. The second kappa shape index (κ2) is 7.98. The fraction of sp³-hybridized carbons (Fsp3) is 0.833. The van der Waals surface area contributed by atoms with Crippen LogP contribution in [-0.4, -0.2) is 37.1 Å². The Bertz CT molecular complexity index is 369. The molecule has 2 rings (SSSR count). The van der Waals surface area contributed by atoms with E-state index < -0.39 is 0 Å². The third-order valence-corrected chi connectivity index (χ3v) is 4.84. The number of carbonyl (C=O) groups is 1. The number of morpholine rings is 1. The number of hydrogen-bond acceptors (Lipinski definition) is 2. The van der Waals surface area contributed by atoms with Crippen LogP contribution < -0.4 is 0 Å². The van der Waals surface area contributed by atoms with Gasteiger partial charge in [-0.3, -0.25) is 4.79 Å². The first-order valence-corrected chi connectivity index (χ1v) is 8.67. The number of ether oxygens (including phenoxy) is 1. The molecule has 0 bridgehead atoms. The fourth-order valence-electron chi connectivity index (χ4n) is 3.71. The summed E-state index contributed by atoms with van der Waals surface area (Å²) in [6.45, 7) is 9.66. The highest BCUT2D eigenvalue weighted by atomic mass is 16.5. The van der Waals surface area contributed by atoms with E-state index in [2.05, 4.69) is 26.8 Å². The lowest BCUT2D eigenvalue weighted by molar-refractivity contribution is -0.138. The number of rotatable bonds is 5. The standard InChI is InChI=1S/C18H31NO2/c1-4-17(18(20)19-9-11-21-12-10-19)16-7-5-15(6-8-16)13-14(2)3/h7,14-15,17H,4-6,8-13H2,1-3H3/t15-,17-/m0/s1.